The molecule has 146 valence electrons. The number of hydrogen-bond acceptors (Lipinski definition) is 4. The summed E-state index contributed by atoms with van der Waals surface area (Å²) in [4.78, 5) is 27.4. The van der Waals surface area contributed by atoms with Crippen LogP contribution in [-0.2, 0) is 9.59 Å². The Hall–Kier alpha value is -2.50. The topological polar surface area (TPSA) is 58.6 Å². The minimum absolute atomic E-state index is 0.159. The number of ether oxygens (including phenoxy) is 1. The summed E-state index contributed by atoms with van der Waals surface area (Å²) in [5.74, 6) is -0.259. The number of benzene rings is 2. The van der Waals surface area contributed by atoms with Crippen LogP contribution in [0.5, 0.6) is 5.75 Å². The summed E-state index contributed by atoms with van der Waals surface area (Å²) in [7, 11) is 1.54. The molecule has 0 saturated heterocycles. The molecule has 0 saturated carbocycles. The maximum atomic E-state index is 13.1. The van der Waals surface area contributed by atoms with Crippen molar-refractivity contribution in [1.29, 1.82) is 0 Å². The molecular formula is C21H20Cl2N2O3. The Kier molecular flexibility index (Phi) is 5.68. The van der Waals surface area contributed by atoms with E-state index in [0.717, 1.165) is 5.56 Å². The average Bonchev–Trinajstić information content (AvgIpc) is 2.86. The number of carbonyl (C=O) groups is 2. The van der Waals surface area contributed by atoms with Gasteiger partial charge in [0.25, 0.3) is 11.8 Å². The second-order valence-corrected chi connectivity index (χ2v) is 7.62. The molecular weight excluding hydrogens is 399 g/mol. The van der Waals surface area contributed by atoms with Crippen molar-refractivity contribution in [3.05, 3.63) is 63.3 Å². The van der Waals surface area contributed by atoms with Crippen LogP contribution < -0.4 is 10.1 Å². The van der Waals surface area contributed by atoms with Gasteiger partial charge in [0.1, 0.15) is 11.4 Å². The minimum Gasteiger partial charge on any atom is -0.495 e. The van der Waals surface area contributed by atoms with Crippen LogP contribution >= 0.6 is 23.2 Å². The van der Waals surface area contributed by atoms with Crippen LogP contribution in [-0.4, -0.2) is 29.9 Å². The standard InChI is InChI=1S/C21H20Cl2N2O3/c1-11(2)25-20(26)18(14-7-6-13(22)10-15(14)23)19(21(25)27)24-16-9-12(3)5-8-17(16)28-4/h5-11,24H,1-4H3. The molecule has 1 aliphatic heterocycles. The second kappa shape index (κ2) is 7.86. The minimum atomic E-state index is -0.412. The Balaban J connectivity index is 2.19. The van der Waals surface area contributed by atoms with Crippen molar-refractivity contribution >= 4 is 46.3 Å². The number of rotatable bonds is 5. The third-order valence-electron chi connectivity index (χ3n) is 4.45. The van der Waals surface area contributed by atoms with Gasteiger partial charge in [0, 0.05) is 16.6 Å². The fourth-order valence-electron chi connectivity index (χ4n) is 3.13. The van der Waals surface area contributed by atoms with Gasteiger partial charge in [-0.2, -0.15) is 0 Å². The van der Waals surface area contributed by atoms with E-state index in [0.29, 0.717) is 27.0 Å². The quantitative estimate of drug-likeness (QED) is 0.700. The monoisotopic (exact) mass is 418 g/mol. The number of halogens is 2. The molecule has 7 heteroatoms. The molecule has 0 spiro atoms. The van der Waals surface area contributed by atoms with Crippen molar-refractivity contribution in [3.63, 3.8) is 0 Å². The van der Waals surface area contributed by atoms with Gasteiger partial charge in [0.2, 0.25) is 0 Å². The molecule has 1 heterocycles. The van der Waals surface area contributed by atoms with E-state index in [-0.39, 0.29) is 17.3 Å². The first-order valence-electron chi connectivity index (χ1n) is 8.73. The fraction of sp³-hybridized carbons (Fsp3) is 0.238. The molecule has 2 aromatic carbocycles. The lowest BCUT2D eigenvalue weighted by Gasteiger charge is -2.19. The van der Waals surface area contributed by atoms with Gasteiger partial charge in [-0.25, -0.2) is 0 Å². The molecule has 28 heavy (non-hydrogen) atoms. The first-order valence-corrected chi connectivity index (χ1v) is 9.49. The molecule has 0 unspecified atom stereocenters. The Morgan fingerprint density at radius 1 is 1.04 bits per heavy atom. The molecule has 0 aliphatic carbocycles. The number of nitrogens with one attached hydrogen (secondary N) is 1. The Labute approximate surface area is 173 Å². The average molecular weight is 419 g/mol. The normalized spacial score (nSPS) is 14.3. The Bertz CT molecular complexity index is 999. The van der Waals surface area contributed by atoms with Crippen LogP contribution in [0, 0.1) is 6.92 Å². The van der Waals surface area contributed by atoms with E-state index < -0.39 is 11.8 Å². The third-order valence-corrected chi connectivity index (χ3v) is 4.99. The summed E-state index contributed by atoms with van der Waals surface area (Å²) in [6, 6.07) is 10.1. The molecule has 5 nitrogen and oxygen atoms in total. The van der Waals surface area contributed by atoms with Gasteiger partial charge in [-0.3, -0.25) is 14.5 Å². The summed E-state index contributed by atoms with van der Waals surface area (Å²) < 4.78 is 5.39. The molecule has 0 atom stereocenters. The smallest absolute Gasteiger partial charge is 0.278 e. The maximum absolute atomic E-state index is 13.1. The lowest BCUT2D eigenvalue weighted by Crippen LogP contribution is -2.38. The molecule has 2 amide bonds. The van der Waals surface area contributed by atoms with E-state index in [9.17, 15) is 9.59 Å². The fourth-order valence-corrected chi connectivity index (χ4v) is 3.63. The van der Waals surface area contributed by atoms with E-state index in [1.54, 1.807) is 45.2 Å². The molecule has 3 rings (SSSR count). The zero-order valence-electron chi connectivity index (χ0n) is 16.0. The Morgan fingerprint density at radius 3 is 2.36 bits per heavy atom. The van der Waals surface area contributed by atoms with Gasteiger partial charge >= 0.3 is 0 Å². The predicted molar refractivity (Wildman–Crippen MR) is 112 cm³/mol. The molecule has 0 radical (unpaired) electrons. The van der Waals surface area contributed by atoms with Crippen molar-refractivity contribution in [1.82, 2.24) is 4.90 Å². The van der Waals surface area contributed by atoms with Crippen molar-refractivity contribution in [3.8, 4) is 5.75 Å². The zero-order valence-corrected chi connectivity index (χ0v) is 17.5. The summed E-state index contributed by atoms with van der Waals surface area (Å²) >= 11 is 12.3. The number of amides is 2. The highest BCUT2D eigenvalue weighted by atomic mass is 35.5. The van der Waals surface area contributed by atoms with Crippen molar-refractivity contribution in [2.45, 2.75) is 26.8 Å². The predicted octanol–water partition coefficient (Wildman–Crippen LogP) is 4.91. The molecule has 1 N–H and O–H groups in total. The zero-order chi connectivity index (χ0) is 20.6. The van der Waals surface area contributed by atoms with E-state index >= 15 is 0 Å². The van der Waals surface area contributed by atoms with E-state index in [1.807, 2.05) is 19.1 Å². The lowest BCUT2D eigenvalue weighted by atomic mass is 10.0. The van der Waals surface area contributed by atoms with Gasteiger partial charge in [-0.05, 0) is 50.6 Å². The molecule has 2 aromatic rings. The van der Waals surface area contributed by atoms with Crippen molar-refractivity contribution < 1.29 is 14.3 Å². The summed E-state index contributed by atoms with van der Waals surface area (Å²) in [5, 5.41) is 3.85. The van der Waals surface area contributed by atoms with Crippen LogP contribution in [0.4, 0.5) is 5.69 Å². The number of anilines is 1. The van der Waals surface area contributed by atoms with Crippen molar-refractivity contribution in [2.24, 2.45) is 0 Å². The van der Waals surface area contributed by atoms with Gasteiger partial charge in [-0.1, -0.05) is 35.3 Å². The number of imide groups is 1. The highest BCUT2D eigenvalue weighted by Gasteiger charge is 2.41. The number of nitrogens with zero attached hydrogens (tertiary/aromatic N) is 1. The molecule has 1 aliphatic rings. The SMILES string of the molecule is COc1ccc(C)cc1NC1=C(c2ccc(Cl)cc2Cl)C(=O)N(C(C)C)C1=O. The van der Waals surface area contributed by atoms with Gasteiger partial charge in [-0.15, -0.1) is 0 Å². The van der Waals surface area contributed by atoms with E-state index in [4.69, 9.17) is 27.9 Å². The Morgan fingerprint density at radius 2 is 1.75 bits per heavy atom. The number of carbonyl (C=O) groups excluding carboxylic acids is 2. The van der Waals surface area contributed by atoms with Crippen LogP contribution in [0.15, 0.2) is 42.1 Å². The molecule has 0 fully saturated rings. The third kappa shape index (κ3) is 3.60. The largest absolute Gasteiger partial charge is 0.495 e. The number of aryl methyl sites for hydroxylation is 1. The first-order chi connectivity index (χ1) is 13.2. The number of methoxy groups -OCH3 is 1. The summed E-state index contributed by atoms with van der Waals surface area (Å²) in [5.41, 5.74) is 2.39. The van der Waals surface area contributed by atoms with E-state index in [2.05, 4.69) is 5.32 Å². The molecule has 0 aromatic heterocycles. The van der Waals surface area contributed by atoms with Crippen LogP contribution in [0.25, 0.3) is 5.57 Å². The number of hydrogen-bond donors (Lipinski definition) is 1. The molecule has 0 bridgehead atoms. The van der Waals surface area contributed by atoms with Crippen LogP contribution in [0.1, 0.15) is 25.0 Å². The van der Waals surface area contributed by atoms with Gasteiger partial charge in [0.05, 0.1) is 23.4 Å². The van der Waals surface area contributed by atoms with Crippen LogP contribution in [0.3, 0.4) is 0 Å². The highest BCUT2D eigenvalue weighted by Crippen LogP contribution is 2.37. The van der Waals surface area contributed by atoms with Crippen LogP contribution in [0.2, 0.25) is 10.0 Å². The summed E-state index contributed by atoms with van der Waals surface area (Å²) in [6.07, 6.45) is 0. The first kappa shape index (κ1) is 20.2. The van der Waals surface area contributed by atoms with E-state index in [1.165, 1.54) is 4.90 Å². The second-order valence-electron chi connectivity index (χ2n) is 6.78. The maximum Gasteiger partial charge on any atom is 0.278 e. The highest BCUT2D eigenvalue weighted by molar-refractivity contribution is 6.41. The summed E-state index contributed by atoms with van der Waals surface area (Å²) in [6.45, 7) is 5.50. The lowest BCUT2D eigenvalue weighted by molar-refractivity contribution is -0.138. The van der Waals surface area contributed by atoms with Gasteiger partial charge in [0.15, 0.2) is 0 Å². The van der Waals surface area contributed by atoms with Gasteiger partial charge < -0.3 is 10.1 Å². The van der Waals surface area contributed by atoms with Crippen molar-refractivity contribution in [2.75, 3.05) is 12.4 Å².